The van der Waals surface area contributed by atoms with Crippen LogP contribution in [0.2, 0.25) is 5.02 Å². The van der Waals surface area contributed by atoms with Crippen molar-refractivity contribution < 1.29 is 9.18 Å². The molecular weight excluding hydrogens is 253 g/mol. The van der Waals surface area contributed by atoms with Crippen LogP contribution in [0, 0.1) is 5.82 Å². The van der Waals surface area contributed by atoms with Gasteiger partial charge in [0.25, 0.3) is 0 Å². The molecule has 0 aromatic heterocycles. The fraction of sp³-hybridized carbons (Fsp3) is 0.357. The molecule has 0 N–H and O–H groups in total. The Kier molecular flexibility index (Phi) is 3.71. The van der Waals surface area contributed by atoms with Gasteiger partial charge in [-0.2, -0.15) is 0 Å². The summed E-state index contributed by atoms with van der Waals surface area (Å²) in [4.78, 5) is 13.7. The number of carbonyl (C=O) groups excluding carboxylic acids is 1. The molecule has 1 aromatic rings. The number of halogens is 2. The van der Waals surface area contributed by atoms with Crippen LogP contribution in [0.25, 0.3) is 0 Å². The first-order valence-corrected chi connectivity index (χ1v) is 6.23. The monoisotopic (exact) mass is 267 g/mol. The van der Waals surface area contributed by atoms with Crippen molar-refractivity contribution in [3.8, 4) is 0 Å². The lowest BCUT2D eigenvalue weighted by Crippen LogP contribution is -2.09. The van der Waals surface area contributed by atoms with Crippen molar-refractivity contribution in [3.63, 3.8) is 0 Å². The van der Waals surface area contributed by atoms with Crippen LogP contribution in [-0.4, -0.2) is 24.8 Å². The minimum atomic E-state index is -0.433. The van der Waals surface area contributed by atoms with Gasteiger partial charge in [-0.25, -0.2) is 4.39 Å². The molecule has 1 atom stereocenters. The van der Waals surface area contributed by atoms with Crippen molar-refractivity contribution in [3.05, 3.63) is 46.4 Å². The van der Waals surface area contributed by atoms with Gasteiger partial charge in [0, 0.05) is 38.2 Å². The van der Waals surface area contributed by atoms with Crippen LogP contribution >= 0.6 is 11.6 Å². The minimum Gasteiger partial charge on any atom is -0.383 e. The Morgan fingerprint density at radius 2 is 2.17 bits per heavy atom. The Balaban J connectivity index is 2.37. The average molecular weight is 268 g/mol. The van der Waals surface area contributed by atoms with E-state index in [2.05, 4.69) is 0 Å². The highest BCUT2D eigenvalue weighted by molar-refractivity contribution is 6.30. The number of benzene rings is 1. The van der Waals surface area contributed by atoms with Gasteiger partial charge < -0.3 is 4.90 Å². The van der Waals surface area contributed by atoms with Crippen molar-refractivity contribution in [1.29, 1.82) is 0 Å². The second-order valence-corrected chi connectivity index (χ2v) is 5.14. The molecule has 0 heterocycles. The molecule has 1 aliphatic carbocycles. The Labute approximate surface area is 111 Å². The number of carbonyl (C=O) groups is 1. The topological polar surface area (TPSA) is 20.3 Å². The number of hydrogen-bond acceptors (Lipinski definition) is 2. The molecule has 2 nitrogen and oxygen atoms in total. The van der Waals surface area contributed by atoms with Gasteiger partial charge in [0.05, 0.1) is 5.02 Å². The SMILES string of the molecule is CN(C)/C=C1\C(=O)CCC1c1ccc(Cl)c(F)c1. The normalized spacial score (nSPS) is 21.7. The van der Waals surface area contributed by atoms with Gasteiger partial charge >= 0.3 is 0 Å². The zero-order valence-electron chi connectivity index (χ0n) is 10.4. The van der Waals surface area contributed by atoms with Crippen molar-refractivity contribution in [2.75, 3.05) is 14.1 Å². The molecule has 0 radical (unpaired) electrons. The van der Waals surface area contributed by atoms with E-state index in [1.54, 1.807) is 12.1 Å². The maximum absolute atomic E-state index is 13.5. The van der Waals surface area contributed by atoms with E-state index in [1.807, 2.05) is 25.2 Å². The van der Waals surface area contributed by atoms with Crippen LogP contribution in [0.3, 0.4) is 0 Å². The van der Waals surface area contributed by atoms with Crippen LogP contribution in [0.5, 0.6) is 0 Å². The Morgan fingerprint density at radius 3 is 2.78 bits per heavy atom. The summed E-state index contributed by atoms with van der Waals surface area (Å²) in [5.74, 6) is -0.312. The van der Waals surface area contributed by atoms with Gasteiger partial charge in [0.2, 0.25) is 0 Å². The van der Waals surface area contributed by atoms with E-state index in [4.69, 9.17) is 11.6 Å². The molecule has 1 aliphatic rings. The first kappa shape index (κ1) is 13.1. The van der Waals surface area contributed by atoms with Crippen LogP contribution in [0.15, 0.2) is 30.0 Å². The number of ketones is 1. The summed E-state index contributed by atoms with van der Waals surface area (Å²) in [6.45, 7) is 0. The Morgan fingerprint density at radius 1 is 1.44 bits per heavy atom. The number of nitrogens with zero attached hydrogens (tertiary/aromatic N) is 1. The van der Waals surface area contributed by atoms with E-state index in [-0.39, 0.29) is 16.7 Å². The summed E-state index contributed by atoms with van der Waals surface area (Å²) in [7, 11) is 3.75. The standard InChI is InChI=1S/C14H15ClFNO/c1-17(2)8-11-10(4-6-14(11)18)9-3-5-12(15)13(16)7-9/h3,5,7-8,10H,4,6H2,1-2H3/b11-8-. The Bertz CT molecular complexity index is 511. The molecule has 1 aromatic carbocycles. The van der Waals surface area contributed by atoms with Crippen molar-refractivity contribution in [2.45, 2.75) is 18.8 Å². The smallest absolute Gasteiger partial charge is 0.160 e. The molecule has 96 valence electrons. The number of hydrogen-bond donors (Lipinski definition) is 0. The van der Waals surface area contributed by atoms with E-state index < -0.39 is 5.82 Å². The van der Waals surface area contributed by atoms with Crippen LogP contribution < -0.4 is 0 Å². The predicted molar refractivity (Wildman–Crippen MR) is 70.2 cm³/mol. The highest BCUT2D eigenvalue weighted by Crippen LogP contribution is 2.37. The fourth-order valence-electron chi connectivity index (χ4n) is 2.29. The highest BCUT2D eigenvalue weighted by atomic mass is 35.5. The molecule has 1 fully saturated rings. The quantitative estimate of drug-likeness (QED) is 0.766. The fourth-order valence-corrected chi connectivity index (χ4v) is 2.40. The third-order valence-electron chi connectivity index (χ3n) is 3.10. The Hall–Kier alpha value is -1.35. The molecule has 0 bridgehead atoms. The molecule has 0 aliphatic heterocycles. The average Bonchev–Trinajstić information content (AvgIpc) is 2.64. The van der Waals surface area contributed by atoms with E-state index >= 15 is 0 Å². The predicted octanol–water partition coefficient (Wildman–Crippen LogP) is 3.37. The molecule has 0 saturated heterocycles. The van der Waals surface area contributed by atoms with Crippen molar-refractivity contribution in [1.82, 2.24) is 4.90 Å². The van der Waals surface area contributed by atoms with Gasteiger partial charge in [0.1, 0.15) is 5.82 Å². The highest BCUT2D eigenvalue weighted by Gasteiger charge is 2.30. The van der Waals surface area contributed by atoms with E-state index in [9.17, 15) is 9.18 Å². The molecule has 0 amide bonds. The number of allylic oxidation sites excluding steroid dienone is 1. The summed E-state index contributed by atoms with van der Waals surface area (Å²) in [6.07, 6.45) is 3.08. The summed E-state index contributed by atoms with van der Waals surface area (Å²) >= 11 is 5.67. The van der Waals surface area contributed by atoms with E-state index in [0.717, 1.165) is 17.6 Å². The second kappa shape index (κ2) is 5.11. The van der Waals surface area contributed by atoms with Crippen LogP contribution in [0.4, 0.5) is 4.39 Å². The lowest BCUT2D eigenvalue weighted by molar-refractivity contribution is -0.114. The molecular formula is C14H15ClFNO. The minimum absolute atomic E-state index is 0.0216. The molecule has 4 heteroatoms. The van der Waals surface area contributed by atoms with Crippen molar-refractivity contribution in [2.24, 2.45) is 0 Å². The van der Waals surface area contributed by atoms with Crippen LogP contribution in [0.1, 0.15) is 24.3 Å². The third-order valence-corrected chi connectivity index (χ3v) is 3.41. The van der Waals surface area contributed by atoms with E-state index in [1.165, 1.54) is 6.07 Å². The summed E-state index contributed by atoms with van der Waals surface area (Å²) in [5.41, 5.74) is 1.57. The summed E-state index contributed by atoms with van der Waals surface area (Å²) in [6, 6.07) is 4.76. The lowest BCUT2D eigenvalue weighted by Gasteiger charge is -2.14. The maximum Gasteiger partial charge on any atom is 0.160 e. The zero-order chi connectivity index (χ0) is 13.3. The number of Topliss-reactive ketones (excluding diaryl/α,β-unsaturated/α-hetero) is 1. The molecule has 1 saturated carbocycles. The van der Waals surface area contributed by atoms with Gasteiger partial charge in [-0.1, -0.05) is 17.7 Å². The molecule has 18 heavy (non-hydrogen) atoms. The lowest BCUT2D eigenvalue weighted by atomic mass is 9.94. The van der Waals surface area contributed by atoms with Gasteiger partial charge in [0.15, 0.2) is 5.78 Å². The largest absolute Gasteiger partial charge is 0.383 e. The van der Waals surface area contributed by atoms with Gasteiger partial charge in [-0.05, 0) is 24.1 Å². The number of rotatable bonds is 2. The van der Waals surface area contributed by atoms with Gasteiger partial charge in [-0.3, -0.25) is 4.79 Å². The first-order chi connectivity index (χ1) is 8.49. The first-order valence-electron chi connectivity index (χ1n) is 5.85. The van der Waals surface area contributed by atoms with Crippen LogP contribution in [-0.2, 0) is 4.79 Å². The summed E-state index contributed by atoms with van der Waals surface area (Å²) < 4.78 is 13.5. The summed E-state index contributed by atoms with van der Waals surface area (Å²) in [5, 5.41) is 0.112. The maximum atomic E-state index is 13.5. The molecule has 2 rings (SSSR count). The third kappa shape index (κ3) is 2.56. The van der Waals surface area contributed by atoms with Crippen molar-refractivity contribution >= 4 is 17.4 Å². The molecule has 0 spiro atoms. The zero-order valence-corrected chi connectivity index (χ0v) is 11.2. The van der Waals surface area contributed by atoms with E-state index in [0.29, 0.717) is 6.42 Å². The second-order valence-electron chi connectivity index (χ2n) is 4.74. The van der Waals surface area contributed by atoms with Gasteiger partial charge in [-0.15, -0.1) is 0 Å². The molecule has 1 unspecified atom stereocenters.